The molecule has 0 bridgehead atoms. The topological polar surface area (TPSA) is 6.48 Å². The van der Waals surface area contributed by atoms with Gasteiger partial charge in [-0.25, -0.2) is 8.78 Å². The number of hydrogen-bond acceptors (Lipinski definition) is 2. The number of nitrogens with zero attached hydrogens (tertiary/aromatic N) is 2. The number of hydrogen-bond donors (Lipinski definition) is 0. The Balaban J connectivity index is 1.57. The number of rotatable bonds is 3. The van der Waals surface area contributed by atoms with E-state index in [2.05, 4.69) is 54.0 Å². The van der Waals surface area contributed by atoms with Crippen molar-refractivity contribution in [2.45, 2.75) is 63.6 Å². The van der Waals surface area contributed by atoms with Crippen molar-refractivity contribution in [3.63, 3.8) is 0 Å². The summed E-state index contributed by atoms with van der Waals surface area (Å²) in [5, 5.41) is 0. The van der Waals surface area contributed by atoms with E-state index in [4.69, 9.17) is 0 Å². The highest BCUT2D eigenvalue weighted by Gasteiger charge is 2.38. The SMILES string of the molecule is C[C@H]1CC(N2CCC(F)(F)CC2)CCN1[C@@H](C)c1ccccc1. The fourth-order valence-corrected chi connectivity index (χ4v) is 4.21. The molecule has 0 spiro atoms. The monoisotopic (exact) mass is 322 g/mol. The fraction of sp³-hybridized carbons (Fsp3) is 0.684. The van der Waals surface area contributed by atoms with Gasteiger partial charge in [0, 0.05) is 50.6 Å². The molecule has 1 unspecified atom stereocenters. The second kappa shape index (κ2) is 6.86. The quantitative estimate of drug-likeness (QED) is 0.817. The van der Waals surface area contributed by atoms with Gasteiger partial charge in [-0.1, -0.05) is 30.3 Å². The van der Waals surface area contributed by atoms with E-state index in [9.17, 15) is 8.78 Å². The lowest BCUT2D eigenvalue weighted by Crippen LogP contribution is -2.52. The molecule has 0 radical (unpaired) electrons. The first-order valence-corrected chi connectivity index (χ1v) is 8.89. The molecule has 0 aliphatic carbocycles. The summed E-state index contributed by atoms with van der Waals surface area (Å²) in [4.78, 5) is 4.86. The number of benzene rings is 1. The van der Waals surface area contributed by atoms with E-state index in [-0.39, 0.29) is 12.8 Å². The van der Waals surface area contributed by atoms with Crippen LogP contribution in [-0.2, 0) is 0 Å². The van der Waals surface area contributed by atoms with Crippen LogP contribution in [0.3, 0.4) is 0 Å². The highest BCUT2D eigenvalue weighted by Crippen LogP contribution is 2.34. The number of alkyl halides is 2. The smallest absolute Gasteiger partial charge is 0.250 e. The van der Waals surface area contributed by atoms with Crippen molar-refractivity contribution < 1.29 is 8.78 Å². The molecule has 4 heteroatoms. The molecule has 2 saturated heterocycles. The second-order valence-electron chi connectivity index (χ2n) is 7.24. The predicted octanol–water partition coefficient (Wildman–Crippen LogP) is 4.33. The minimum atomic E-state index is -2.44. The number of halogens is 2. The zero-order valence-electron chi connectivity index (χ0n) is 14.2. The van der Waals surface area contributed by atoms with Gasteiger partial charge in [0.2, 0.25) is 0 Å². The normalized spacial score (nSPS) is 31.0. The van der Waals surface area contributed by atoms with Crippen LogP contribution in [-0.4, -0.2) is 47.4 Å². The van der Waals surface area contributed by atoms with Crippen molar-refractivity contribution in [2.24, 2.45) is 0 Å². The van der Waals surface area contributed by atoms with Crippen LogP contribution in [0.25, 0.3) is 0 Å². The maximum Gasteiger partial charge on any atom is 0.250 e. The molecule has 3 atom stereocenters. The lowest BCUT2D eigenvalue weighted by molar-refractivity contribution is -0.0712. The van der Waals surface area contributed by atoms with Crippen molar-refractivity contribution in [1.82, 2.24) is 9.80 Å². The summed E-state index contributed by atoms with van der Waals surface area (Å²) in [5.74, 6) is -2.44. The Hall–Kier alpha value is -1.00. The van der Waals surface area contributed by atoms with Crippen molar-refractivity contribution in [2.75, 3.05) is 19.6 Å². The molecule has 2 fully saturated rings. The van der Waals surface area contributed by atoms with Crippen LogP contribution in [0.15, 0.2) is 30.3 Å². The fourth-order valence-electron chi connectivity index (χ4n) is 4.21. The molecule has 2 aliphatic rings. The Morgan fingerprint density at radius 3 is 2.35 bits per heavy atom. The summed E-state index contributed by atoms with van der Waals surface area (Å²) in [5.41, 5.74) is 1.36. The van der Waals surface area contributed by atoms with Gasteiger partial charge in [-0.2, -0.15) is 0 Å². The Labute approximate surface area is 138 Å². The van der Waals surface area contributed by atoms with Crippen LogP contribution < -0.4 is 0 Å². The first kappa shape index (κ1) is 16.8. The lowest BCUT2D eigenvalue weighted by atomic mass is 9.92. The van der Waals surface area contributed by atoms with E-state index in [0.29, 0.717) is 31.2 Å². The molecule has 1 aromatic rings. The summed E-state index contributed by atoms with van der Waals surface area (Å²) >= 11 is 0. The first-order chi connectivity index (χ1) is 11.0. The van der Waals surface area contributed by atoms with Crippen LogP contribution in [0, 0.1) is 0 Å². The Kier molecular flexibility index (Phi) is 5.02. The van der Waals surface area contributed by atoms with E-state index in [1.807, 2.05) is 0 Å². The van der Waals surface area contributed by atoms with Crippen molar-refractivity contribution in [1.29, 1.82) is 0 Å². The largest absolute Gasteiger partial charge is 0.300 e. The Morgan fingerprint density at radius 2 is 1.74 bits per heavy atom. The third kappa shape index (κ3) is 3.92. The molecule has 0 N–H and O–H groups in total. The van der Waals surface area contributed by atoms with Crippen molar-refractivity contribution in [3.05, 3.63) is 35.9 Å². The van der Waals surface area contributed by atoms with Gasteiger partial charge in [-0.15, -0.1) is 0 Å². The van der Waals surface area contributed by atoms with Gasteiger partial charge < -0.3 is 0 Å². The van der Waals surface area contributed by atoms with E-state index >= 15 is 0 Å². The minimum Gasteiger partial charge on any atom is -0.300 e. The summed E-state index contributed by atoms with van der Waals surface area (Å²) in [6.07, 6.45) is 2.24. The van der Waals surface area contributed by atoms with Gasteiger partial charge in [-0.3, -0.25) is 9.80 Å². The molecule has 0 aromatic heterocycles. The molecule has 2 aliphatic heterocycles. The average Bonchev–Trinajstić information content (AvgIpc) is 2.55. The molecular weight excluding hydrogens is 294 g/mol. The summed E-state index contributed by atoms with van der Waals surface area (Å²) < 4.78 is 26.7. The summed E-state index contributed by atoms with van der Waals surface area (Å²) in [6, 6.07) is 12.0. The number of piperidine rings is 2. The summed E-state index contributed by atoms with van der Waals surface area (Å²) in [6.45, 7) is 6.71. The molecule has 128 valence electrons. The average molecular weight is 322 g/mol. The van der Waals surface area contributed by atoms with Gasteiger partial charge in [0.25, 0.3) is 5.92 Å². The molecule has 1 aromatic carbocycles. The first-order valence-electron chi connectivity index (χ1n) is 8.89. The van der Waals surface area contributed by atoms with E-state index < -0.39 is 5.92 Å². The third-order valence-corrected chi connectivity index (χ3v) is 5.73. The van der Waals surface area contributed by atoms with Gasteiger partial charge in [0.1, 0.15) is 0 Å². The highest BCUT2D eigenvalue weighted by atomic mass is 19.3. The molecule has 2 nitrogen and oxygen atoms in total. The van der Waals surface area contributed by atoms with E-state index in [1.54, 1.807) is 0 Å². The highest BCUT2D eigenvalue weighted by molar-refractivity contribution is 5.18. The minimum absolute atomic E-state index is 0.0298. The maximum atomic E-state index is 13.3. The standard InChI is InChI=1S/C19H28F2N2/c1-15-14-18(22-12-9-19(20,21)10-13-22)8-11-23(15)16(2)17-6-4-3-5-7-17/h3-7,15-16,18H,8-14H2,1-2H3/t15-,16-,18?/m0/s1. The zero-order valence-corrected chi connectivity index (χ0v) is 14.2. The predicted molar refractivity (Wildman–Crippen MR) is 89.8 cm³/mol. The van der Waals surface area contributed by atoms with E-state index in [1.165, 1.54) is 5.56 Å². The maximum absolute atomic E-state index is 13.3. The van der Waals surface area contributed by atoms with Gasteiger partial charge in [-0.05, 0) is 32.3 Å². The second-order valence-corrected chi connectivity index (χ2v) is 7.24. The molecule has 0 amide bonds. The summed E-state index contributed by atoms with van der Waals surface area (Å²) in [7, 11) is 0. The lowest BCUT2D eigenvalue weighted by Gasteiger charge is -2.46. The van der Waals surface area contributed by atoms with Gasteiger partial charge >= 0.3 is 0 Å². The Morgan fingerprint density at radius 1 is 1.09 bits per heavy atom. The van der Waals surface area contributed by atoms with Crippen LogP contribution >= 0.6 is 0 Å². The van der Waals surface area contributed by atoms with Crippen LogP contribution in [0.4, 0.5) is 8.78 Å². The third-order valence-electron chi connectivity index (χ3n) is 5.73. The number of likely N-dealkylation sites (tertiary alicyclic amines) is 2. The van der Waals surface area contributed by atoms with Crippen molar-refractivity contribution >= 4 is 0 Å². The Bertz CT molecular complexity index is 495. The molecular formula is C19H28F2N2. The van der Waals surface area contributed by atoms with Gasteiger partial charge in [0.05, 0.1) is 0 Å². The van der Waals surface area contributed by atoms with Crippen LogP contribution in [0.5, 0.6) is 0 Å². The zero-order chi connectivity index (χ0) is 16.4. The molecule has 2 heterocycles. The van der Waals surface area contributed by atoms with Crippen LogP contribution in [0.1, 0.15) is 51.1 Å². The molecule has 3 rings (SSSR count). The van der Waals surface area contributed by atoms with Crippen LogP contribution in [0.2, 0.25) is 0 Å². The molecule has 23 heavy (non-hydrogen) atoms. The van der Waals surface area contributed by atoms with Crippen molar-refractivity contribution in [3.8, 4) is 0 Å². The van der Waals surface area contributed by atoms with Gasteiger partial charge in [0.15, 0.2) is 0 Å². The molecule has 0 saturated carbocycles. The van der Waals surface area contributed by atoms with E-state index in [0.717, 1.165) is 19.4 Å².